The number of carbonyl (C=O) groups excluding carboxylic acids is 1. The highest BCUT2D eigenvalue weighted by atomic mass is 32.2. The number of anilines is 1. The second-order valence-corrected chi connectivity index (χ2v) is 8.06. The van der Waals surface area contributed by atoms with Crippen molar-refractivity contribution in [2.75, 3.05) is 5.32 Å². The first-order chi connectivity index (χ1) is 13.4. The van der Waals surface area contributed by atoms with Gasteiger partial charge in [0.2, 0.25) is 10.0 Å². The Morgan fingerprint density at radius 1 is 1.14 bits per heavy atom. The van der Waals surface area contributed by atoms with E-state index in [2.05, 4.69) is 20.1 Å². The number of nitrogens with zero attached hydrogens (tertiary/aromatic N) is 3. The summed E-state index contributed by atoms with van der Waals surface area (Å²) in [6, 6.07) is 9.92. The molecule has 144 valence electrons. The quantitative estimate of drug-likeness (QED) is 0.658. The molecule has 1 aliphatic carbocycles. The van der Waals surface area contributed by atoms with E-state index < -0.39 is 26.6 Å². The molecule has 1 saturated carbocycles. The SMILES string of the molecule is O=C(Nc1ccc(-n2cncn2)cc1)c1ccc(F)c(S(=O)(=O)NC2CC2)c1. The van der Waals surface area contributed by atoms with Crippen LogP contribution in [0.25, 0.3) is 5.69 Å². The summed E-state index contributed by atoms with van der Waals surface area (Å²) >= 11 is 0. The summed E-state index contributed by atoms with van der Waals surface area (Å²) < 4.78 is 42.6. The summed E-state index contributed by atoms with van der Waals surface area (Å²) in [5, 5.41) is 6.67. The van der Waals surface area contributed by atoms with Gasteiger partial charge in [-0.25, -0.2) is 27.2 Å². The van der Waals surface area contributed by atoms with Crippen LogP contribution in [0.5, 0.6) is 0 Å². The van der Waals surface area contributed by atoms with Crippen LogP contribution in [0.3, 0.4) is 0 Å². The highest BCUT2D eigenvalue weighted by Crippen LogP contribution is 2.24. The summed E-state index contributed by atoms with van der Waals surface area (Å²) in [5.41, 5.74) is 1.30. The molecule has 0 radical (unpaired) electrons. The number of rotatable bonds is 6. The number of hydrogen-bond acceptors (Lipinski definition) is 5. The third-order valence-corrected chi connectivity index (χ3v) is 5.73. The zero-order chi connectivity index (χ0) is 19.7. The average Bonchev–Trinajstić information content (AvgIpc) is 3.30. The molecule has 8 nitrogen and oxygen atoms in total. The number of benzene rings is 2. The smallest absolute Gasteiger partial charge is 0.255 e. The van der Waals surface area contributed by atoms with E-state index in [-0.39, 0.29) is 11.6 Å². The first-order valence-corrected chi connectivity index (χ1v) is 9.99. The Bertz CT molecular complexity index is 1110. The molecule has 0 bridgehead atoms. The number of aromatic nitrogens is 3. The lowest BCUT2D eigenvalue weighted by Crippen LogP contribution is -2.27. The van der Waals surface area contributed by atoms with Crippen LogP contribution >= 0.6 is 0 Å². The van der Waals surface area contributed by atoms with E-state index in [9.17, 15) is 17.6 Å². The monoisotopic (exact) mass is 401 g/mol. The number of amides is 1. The average molecular weight is 401 g/mol. The fourth-order valence-corrected chi connectivity index (χ4v) is 3.99. The number of nitrogens with one attached hydrogen (secondary N) is 2. The van der Waals surface area contributed by atoms with Crippen LogP contribution in [-0.4, -0.2) is 35.1 Å². The Labute approximate surface area is 160 Å². The molecule has 0 spiro atoms. The molecule has 10 heteroatoms. The van der Waals surface area contributed by atoms with Crippen LogP contribution in [0.1, 0.15) is 23.2 Å². The molecule has 1 amide bonds. The molecule has 1 aliphatic rings. The minimum Gasteiger partial charge on any atom is -0.322 e. The molecular weight excluding hydrogens is 385 g/mol. The first-order valence-electron chi connectivity index (χ1n) is 8.51. The highest BCUT2D eigenvalue weighted by Gasteiger charge is 2.30. The lowest BCUT2D eigenvalue weighted by Gasteiger charge is -2.10. The van der Waals surface area contributed by atoms with Crippen molar-refractivity contribution in [1.29, 1.82) is 0 Å². The summed E-state index contributed by atoms with van der Waals surface area (Å²) in [6.45, 7) is 0. The van der Waals surface area contributed by atoms with Crippen molar-refractivity contribution < 1.29 is 17.6 Å². The maximum absolute atomic E-state index is 14.0. The van der Waals surface area contributed by atoms with Crippen molar-refractivity contribution in [3.05, 3.63) is 66.5 Å². The first kappa shape index (κ1) is 18.3. The molecule has 2 aromatic carbocycles. The van der Waals surface area contributed by atoms with Gasteiger partial charge < -0.3 is 5.32 Å². The van der Waals surface area contributed by atoms with E-state index in [1.807, 2.05) is 0 Å². The minimum atomic E-state index is -4.01. The zero-order valence-electron chi connectivity index (χ0n) is 14.5. The molecule has 0 aliphatic heterocycles. The second kappa shape index (κ2) is 7.13. The maximum Gasteiger partial charge on any atom is 0.255 e. The lowest BCUT2D eigenvalue weighted by molar-refractivity contribution is 0.102. The third kappa shape index (κ3) is 3.92. The fourth-order valence-electron chi connectivity index (χ4n) is 2.58. The van der Waals surface area contributed by atoms with Gasteiger partial charge in [-0.15, -0.1) is 0 Å². The summed E-state index contributed by atoms with van der Waals surface area (Å²) in [4.78, 5) is 15.8. The Kier molecular flexibility index (Phi) is 4.65. The standard InChI is InChI=1S/C18H16FN5O3S/c19-16-8-1-12(9-17(16)28(26,27)23-14-2-3-14)18(25)22-13-4-6-15(7-5-13)24-11-20-10-21-24/h1,4-11,14,23H,2-3H2,(H,22,25). The molecule has 0 unspecified atom stereocenters. The van der Waals surface area contributed by atoms with Gasteiger partial charge in [-0.1, -0.05) is 0 Å². The van der Waals surface area contributed by atoms with Crippen LogP contribution in [0.2, 0.25) is 0 Å². The maximum atomic E-state index is 14.0. The van der Waals surface area contributed by atoms with Crippen LogP contribution in [0.4, 0.5) is 10.1 Å². The van der Waals surface area contributed by atoms with Crippen molar-refractivity contribution in [2.24, 2.45) is 0 Å². The highest BCUT2D eigenvalue weighted by molar-refractivity contribution is 7.89. The van der Waals surface area contributed by atoms with Crippen molar-refractivity contribution >= 4 is 21.6 Å². The zero-order valence-corrected chi connectivity index (χ0v) is 15.4. The van der Waals surface area contributed by atoms with Crippen LogP contribution in [0.15, 0.2) is 60.0 Å². The molecule has 1 aromatic heterocycles. The van der Waals surface area contributed by atoms with Crippen LogP contribution in [0, 0.1) is 5.82 Å². The predicted octanol–water partition coefficient (Wildman–Crippen LogP) is 2.10. The molecule has 0 atom stereocenters. The Morgan fingerprint density at radius 2 is 1.89 bits per heavy atom. The normalized spacial score (nSPS) is 14.0. The molecular formula is C18H16FN5O3S. The molecule has 1 heterocycles. The number of hydrogen-bond donors (Lipinski definition) is 2. The molecule has 28 heavy (non-hydrogen) atoms. The van der Waals surface area contributed by atoms with Gasteiger partial charge in [-0.3, -0.25) is 4.79 Å². The van der Waals surface area contributed by atoms with E-state index in [1.54, 1.807) is 35.3 Å². The summed E-state index contributed by atoms with van der Waals surface area (Å²) in [7, 11) is -4.01. The molecule has 1 fully saturated rings. The Hall–Kier alpha value is -3.11. The topological polar surface area (TPSA) is 106 Å². The Balaban J connectivity index is 1.52. The summed E-state index contributed by atoms with van der Waals surface area (Å²) in [6.07, 6.45) is 4.41. The van der Waals surface area contributed by atoms with Gasteiger partial charge in [0.25, 0.3) is 5.91 Å². The van der Waals surface area contributed by atoms with Crippen molar-refractivity contribution in [1.82, 2.24) is 19.5 Å². The van der Waals surface area contributed by atoms with Gasteiger partial charge in [0.1, 0.15) is 23.4 Å². The van der Waals surface area contributed by atoms with Crippen molar-refractivity contribution in [3.63, 3.8) is 0 Å². The fraction of sp³-hybridized carbons (Fsp3) is 0.167. The third-order valence-electron chi connectivity index (χ3n) is 4.19. The van der Waals surface area contributed by atoms with Crippen LogP contribution < -0.4 is 10.0 Å². The number of carbonyl (C=O) groups is 1. The minimum absolute atomic E-state index is 0.0397. The van der Waals surface area contributed by atoms with Gasteiger partial charge in [0, 0.05) is 17.3 Å². The van der Waals surface area contributed by atoms with Crippen molar-refractivity contribution in [3.8, 4) is 5.69 Å². The number of halogens is 1. The molecule has 3 aromatic rings. The number of sulfonamides is 1. The van der Waals surface area contributed by atoms with Gasteiger partial charge >= 0.3 is 0 Å². The second-order valence-electron chi connectivity index (χ2n) is 6.38. The van der Waals surface area contributed by atoms with Gasteiger partial charge in [0.15, 0.2) is 0 Å². The largest absolute Gasteiger partial charge is 0.322 e. The molecule has 0 saturated heterocycles. The predicted molar refractivity (Wildman–Crippen MR) is 99.1 cm³/mol. The van der Waals surface area contributed by atoms with E-state index in [1.165, 1.54) is 12.4 Å². The summed E-state index contributed by atoms with van der Waals surface area (Å²) in [5.74, 6) is -1.45. The van der Waals surface area contributed by atoms with Crippen LogP contribution in [-0.2, 0) is 10.0 Å². The van der Waals surface area contributed by atoms with Gasteiger partial charge in [-0.05, 0) is 55.3 Å². The van der Waals surface area contributed by atoms with Crippen molar-refractivity contribution in [2.45, 2.75) is 23.8 Å². The Morgan fingerprint density at radius 3 is 2.54 bits per heavy atom. The van der Waals surface area contributed by atoms with Gasteiger partial charge in [0.05, 0.1) is 5.69 Å². The van der Waals surface area contributed by atoms with E-state index in [0.717, 1.165) is 30.7 Å². The van der Waals surface area contributed by atoms with Gasteiger partial charge in [-0.2, -0.15) is 5.10 Å². The lowest BCUT2D eigenvalue weighted by atomic mass is 10.2. The van der Waals surface area contributed by atoms with E-state index >= 15 is 0 Å². The van der Waals surface area contributed by atoms with E-state index in [4.69, 9.17) is 0 Å². The molecule has 2 N–H and O–H groups in total. The molecule has 4 rings (SSSR count). The van der Waals surface area contributed by atoms with E-state index in [0.29, 0.717) is 5.69 Å².